The minimum atomic E-state index is -1.53. The zero-order valence-electron chi connectivity index (χ0n) is 46.6. The van der Waals surface area contributed by atoms with Gasteiger partial charge in [0.05, 0.1) is 42.9 Å². The van der Waals surface area contributed by atoms with Gasteiger partial charge >= 0.3 is 23.9 Å². The number of aliphatic hydroxyl groups is 3. The molecule has 3 heterocycles. The second-order valence-electron chi connectivity index (χ2n) is 21.3. The third-order valence-electron chi connectivity index (χ3n) is 14.7. The smallest absolute Gasteiger partial charge is 0.309 e. The lowest BCUT2D eigenvalue weighted by molar-refractivity contribution is -0.344. The highest BCUT2D eigenvalue weighted by Crippen LogP contribution is 2.38. The van der Waals surface area contributed by atoms with Gasteiger partial charge in [-0.3, -0.25) is 24.1 Å². The summed E-state index contributed by atoms with van der Waals surface area (Å²) in [7, 11) is 6.75. The quantitative estimate of drug-likeness (QED) is 0.0469. The standard InChI is InChI=1S/C56H90N2O17/c1-13-45(62)72-44-32-47(64)68-35(4)31-42(61)41(58(11)28-21-16-15-18-22-39-23-19-17-20-24-39)25-26-43(71-38(7)60)34(3)30-40(27-29-59)52(53(44)67-12)75-55-50(65)49(57(9)10)51(36(5)70-55)74-48-33-56(8,66)54(37(6)69-48)73-46(63)14-2/h17,19-20,23-26,29,34-37,40-44,48-55,61,65-66H,13-16,18,21-22,27-28,30-33H2,1-12H3/b26-25+/t34-,35-,36-,37+,40+,41-,42+,43+,44-,48+,49-,50-,51-,52+,53+,54+,55+,56-/m1/s1. The largest absolute Gasteiger partial charge is 0.462 e. The first-order valence-corrected chi connectivity index (χ1v) is 27.0. The van der Waals surface area contributed by atoms with Crippen molar-refractivity contribution in [3.05, 3.63) is 48.0 Å². The normalized spacial score (nSPS) is 35.8. The first-order chi connectivity index (χ1) is 35.5. The Hall–Kier alpha value is -3.89. The average molecular weight is 1060 g/mol. The molecule has 3 N–H and O–H groups in total. The second kappa shape index (κ2) is 30.9. The predicted octanol–water partition coefficient (Wildman–Crippen LogP) is 5.25. The number of ether oxygens (including phenoxy) is 9. The maximum atomic E-state index is 14.0. The van der Waals surface area contributed by atoms with Gasteiger partial charge in [0.1, 0.15) is 48.5 Å². The Morgan fingerprint density at radius 2 is 1.51 bits per heavy atom. The molecular weight excluding hydrogens is 973 g/mol. The first-order valence-electron chi connectivity index (χ1n) is 27.0. The van der Waals surface area contributed by atoms with Crippen LogP contribution in [-0.2, 0) is 73.0 Å². The van der Waals surface area contributed by atoms with E-state index in [4.69, 9.17) is 42.6 Å². The number of aryl methyl sites for hydroxylation is 1. The van der Waals surface area contributed by atoms with E-state index in [0.717, 1.165) is 32.1 Å². The van der Waals surface area contributed by atoms with Crippen molar-refractivity contribution in [1.29, 1.82) is 0 Å². The van der Waals surface area contributed by atoms with Gasteiger partial charge in [-0.2, -0.15) is 0 Å². The van der Waals surface area contributed by atoms with E-state index in [2.05, 4.69) is 12.1 Å². The summed E-state index contributed by atoms with van der Waals surface area (Å²) in [6.45, 7) is 13.7. The van der Waals surface area contributed by atoms with Crippen LogP contribution in [0.3, 0.4) is 0 Å². The summed E-state index contributed by atoms with van der Waals surface area (Å²) >= 11 is 0. The van der Waals surface area contributed by atoms with Crippen LogP contribution in [0.25, 0.3) is 0 Å². The number of hydrogen-bond acceptors (Lipinski definition) is 19. The molecule has 1 aromatic rings. The Balaban J connectivity index is 1.69. The maximum Gasteiger partial charge on any atom is 0.309 e. The number of hydrogen-bond donors (Lipinski definition) is 3. The SMILES string of the molecule is CCC(=O)O[C@@H]1CC(=O)O[C@H](C)C[C@H](O)[C@H](N(C)CCCCCCc2ccccc2)/C=C/[C@H](OC(C)=O)[C@H](C)C[C@H](CC=O)[C@H](O[C@@H]2O[C@H](C)[C@@H](O[C@H]3C[C@@](C)(O)[C@@H](OC(=O)CC)[C@H](C)O3)[C@H](N(C)C)[C@H]2O)[C@H]1OC. The molecule has 0 radical (unpaired) electrons. The van der Waals surface area contributed by atoms with E-state index >= 15 is 0 Å². The molecule has 19 nitrogen and oxygen atoms in total. The summed E-state index contributed by atoms with van der Waals surface area (Å²) in [5.41, 5.74) is -0.225. The molecule has 0 amide bonds. The summed E-state index contributed by atoms with van der Waals surface area (Å²) < 4.78 is 55.5. The molecular formula is C56H90N2O17. The molecule has 3 aliphatic rings. The average Bonchev–Trinajstić information content (AvgIpc) is 3.33. The van der Waals surface area contributed by atoms with Gasteiger partial charge in [0.15, 0.2) is 18.7 Å². The minimum absolute atomic E-state index is 0.0448. The van der Waals surface area contributed by atoms with Gasteiger partial charge in [-0.05, 0) is 105 Å². The van der Waals surface area contributed by atoms with Gasteiger partial charge < -0.3 is 67.6 Å². The van der Waals surface area contributed by atoms with Crippen molar-refractivity contribution in [3.63, 3.8) is 0 Å². The van der Waals surface area contributed by atoms with Crippen LogP contribution in [-0.4, -0.2) is 187 Å². The minimum Gasteiger partial charge on any atom is -0.462 e. The van der Waals surface area contributed by atoms with Crippen molar-refractivity contribution >= 4 is 30.2 Å². The number of nitrogens with zero attached hydrogens (tertiary/aromatic N) is 2. The zero-order chi connectivity index (χ0) is 55.6. The molecule has 18 atom stereocenters. The van der Waals surface area contributed by atoms with E-state index in [9.17, 15) is 39.3 Å². The summed E-state index contributed by atoms with van der Waals surface area (Å²) in [4.78, 5) is 68.8. The number of cyclic esters (lactones) is 1. The molecule has 426 valence electrons. The number of esters is 4. The van der Waals surface area contributed by atoms with Crippen molar-refractivity contribution < 1.29 is 81.9 Å². The van der Waals surface area contributed by atoms with E-state index in [1.165, 1.54) is 19.6 Å². The van der Waals surface area contributed by atoms with Crippen molar-refractivity contribution in [2.24, 2.45) is 11.8 Å². The molecule has 3 aliphatic heterocycles. The molecule has 0 bridgehead atoms. The second-order valence-corrected chi connectivity index (χ2v) is 21.3. The molecule has 0 unspecified atom stereocenters. The fourth-order valence-corrected chi connectivity index (χ4v) is 10.7. The summed E-state index contributed by atoms with van der Waals surface area (Å²) in [6.07, 6.45) is -5.11. The number of aldehydes is 1. The van der Waals surface area contributed by atoms with Crippen LogP contribution in [0.1, 0.15) is 132 Å². The van der Waals surface area contributed by atoms with Gasteiger partial charge in [-0.1, -0.05) is 70.0 Å². The number of rotatable bonds is 21. The highest BCUT2D eigenvalue weighted by Gasteiger charge is 2.53. The monoisotopic (exact) mass is 1060 g/mol. The number of carbonyl (C=O) groups is 5. The van der Waals surface area contributed by atoms with Crippen LogP contribution in [0.4, 0.5) is 0 Å². The Kier molecular flexibility index (Phi) is 26.2. The van der Waals surface area contributed by atoms with E-state index in [1.807, 2.05) is 43.1 Å². The maximum absolute atomic E-state index is 14.0. The summed E-state index contributed by atoms with van der Waals surface area (Å²) in [5.74, 6) is -3.76. The van der Waals surface area contributed by atoms with Crippen molar-refractivity contribution in [1.82, 2.24) is 9.80 Å². The van der Waals surface area contributed by atoms with E-state index < -0.39 is 140 Å². The lowest BCUT2D eigenvalue weighted by Gasteiger charge is -2.50. The third-order valence-corrected chi connectivity index (χ3v) is 14.7. The molecule has 2 fully saturated rings. The molecule has 0 aromatic heterocycles. The van der Waals surface area contributed by atoms with Crippen LogP contribution in [0.2, 0.25) is 0 Å². The molecule has 2 saturated heterocycles. The number of methoxy groups -OCH3 is 1. The molecule has 0 saturated carbocycles. The number of aliphatic hydroxyl groups excluding tert-OH is 2. The number of likely N-dealkylation sites (N-methyl/N-ethyl adjacent to an activating group) is 2. The molecule has 19 heteroatoms. The highest BCUT2D eigenvalue weighted by molar-refractivity contribution is 5.73. The molecule has 0 spiro atoms. The molecule has 0 aliphatic carbocycles. The van der Waals surface area contributed by atoms with Gasteiger partial charge in [0.2, 0.25) is 0 Å². The fourth-order valence-electron chi connectivity index (χ4n) is 10.7. The van der Waals surface area contributed by atoms with Crippen molar-refractivity contribution in [2.45, 2.75) is 230 Å². The van der Waals surface area contributed by atoms with Crippen LogP contribution < -0.4 is 0 Å². The summed E-state index contributed by atoms with van der Waals surface area (Å²) in [5, 5.41) is 35.7. The molecule has 4 rings (SSSR count). The van der Waals surface area contributed by atoms with E-state index in [1.54, 1.807) is 66.6 Å². The first kappa shape index (κ1) is 63.6. The van der Waals surface area contributed by atoms with Crippen LogP contribution in [0.15, 0.2) is 42.5 Å². The lowest BCUT2D eigenvalue weighted by Crippen LogP contribution is -2.66. The van der Waals surface area contributed by atoms with Crippen LogP contribution >= 0.6 is 0 Å². The lowest BCUT2D eigenvalue weighted by atomic mass is 9.82. The van der Waals surface area contributed by atoms with E-state index in [-0.39, 0.29) is 38.5 Å². The Bertz CT molecular complexity index is 1940. The molecule has 1 aromatic carbocycles. The van der Waals surface area contributed by atoms with Crippen LogP contribution in [0, 0.1) is 11.8 Å². The fraction of sp³-hybridized carbons (Fsp3) is 0.768. The van der Waals surface area contributed by atoms with Gasteiger partial charge in [0.25, 0.3) is 0 Å². The predicted molar refractivity (Wildman–Crippen MR) is 277 cm³/mol. The van der Waals surface area contributed by atoms with E-state index in [0.29, 0.717) is 12.8 Å². The van der Waals surface area contributed by atoms with Crippen LogP contribution in [0.5, 0.6) is 0 Å². The topological polar surface area (TPSA) is 236 Å². The number of benzene rings is 1. The zero-order valence-corrected chi connectivity index (χ0v) is 46.6. The third kappa shape index (κ3) is 19.2. The Morgan fingerprint density at radius 1 is 0.840 bits per heavy atom. The van der Waals surface area contributed by atoms with Gasteiger partial charge in [-0.25, -0.2) is 0 Å². The highest BCUT2D eigenvalue weighted by atomic mass is 16.7. The van der Waals surface area contributed by atoms with Crippen molar-refractivity contribution in [2.75, 3.05) is 34.8 Å². The Morgan fingerprint density at radius 3 is 2.12 bits per heavy atom. The Labute approximate surface area is 445 Å². The number of unbranched alkanes of at least 4 members (excludes halogenated alkanes) is 3. The summed E-state index contributed by atoms with van der Waals surface area (Å²) in [6, 6.07) is 8.94. The molecule has 75 heavy (non-hydrogen) atoms. The number of carbonyl (C=O) groups excluding carboxylic acids is 5. The van der Waals surface area contributed by atoms with Gasteiger partial charge in [0, 0.05) is 46.1 Å². The van der Waals surface area contributed by atoms with Crippen molar-refractivity contribution in [3.8, 4) is 0 Å². The van der Waals surface area contributed by atoms with Gasteiger partial charge in [-0.15, -0.1) is 0 Å².